The second kappa shape index (κ2) is 13.8. The van der Waals surface area contributed by atoms with E-state index < -0.39 is 0 Å². The molecule has 0 aromatic rings. The van der Waals surface area contributed by atoms with Gasteiger partial charge in [0.15, 0.2) is 0 Å². The van der Waals surface area contributed by atoms with Gasteiger partial charge in [0.1, 0.15) is 6.10 Å². The molecule has 0 aromatic carbocycles. The van der Waals surface area contributed by atoms with Crippen molar-refractivity contribution in [1.29, 1.82) is 0 Å². The zero-order valence-corrected chi connectivity index (χ0v) is 13.2. The summed E-state index contributed by atoms with van der Waals surface area (Å²) in [5.74, 6) is -0.413. The molecule has 0 heterocycles. The molecule has 0 bridgehead atoms. The second-order valence-electron chi connectivity index (χ2n) is 4.65. The summed E-state index contributed by atoms with van der Waals surface area (Å²) < 4.78 is 9.42. The topological polar surface area (TPSA) is 52.6 Å². The summed E-state index contributed by atoms with van der Waals surface area (Å²) in [5, 5.41) is 0. The lowest BCUT2D eigenvalue weighted by Gasteiger charge is -2.07. The number of carbonyl (C=O) groups is 2. The Labute approximate surface area is 122 Å². The highest BCUT2D eigenvalue weighted by Gasteiger charge is 2.05. The van der Waals surface area contributed by atoms with Crippen molar-refractivity contribution < 1.29 is 19.1 Å². The molecule has 116 valence electrons. The molecule has 0 aliphatic heterocycles. The fraction of sp³-hybridized carbons (Fsp3) is 0.625. The van der Waals surface area contributed by atoms with E-state index in [1.807, 2.05) is 6.92 Å². The molecule has 0 spiro atoms. The molecule has 1 unspecified atom stereocenters. The Morgan fingerprint density at radius 3 is 2.10 bits per heavy atom. The molecule has 1 atom stereocenters. The van der Waals surface area contributed by atoms with Crippen molar-refractivity contribution in [3.05, 3.63) is 25.5 Å². The maximum absolute atomic E-state index is 11.0. The van der Waals surface area contributed by atoms with Crippen molar-refractivity contribution in [1.82, 2.24) is 0 Å². The van der Waals surface area contributed by atoms with Crippen molar-refractivity contribution in [3.63, 3.8) is 0 Å². The largest absolute Gasteiger partial charge is 0.458 e. The molecular formula is C16H28O4. The maximum Gasteiger partial charge on any atom is 0.313 e. The van der Waals surface area contributed by atoms with E-state index in [-0.39, 0.29) is 24.0 Å². The van der Waals surface area contributed by atoms with Gasteiger partial charge in [-0.25, -0.2) is 0 Å². The number of unbranched alkanes of at least 4 members (excludes halogenated alkanes) is 2. The van der Waals surface area contributed by atoms with Crippen LogP contribution in [0.3, 0.4) is 0 Å². The lowest BCUT2D eigenvalue weighted by Crippen LogP contribution is -2.11. The van der Waals surface area contributed by atoms with Gasteiger partial charge in [-0.2, -0.15) is 0 Å². The van der Waals surface area contributed by atoms with Crippen LogP contribution in [0.25, 0.3) is 0 Å². The molecule has 0 radical (unpaired) electrons. The third kappa shape index (κ3) is 14.5. The zero-order chi connectivity index (χ0) is 16.0. The Hall–Kier alpha value is -1.58. The minimum Gasteiger partial charge on any atom is -0.458 e. The standard InChI is InChI=1S/C10H18O2.C6H10O2/c1-4-6-7-8-10(11)12-9(3)5-2;1-4-8-6(7)5(2)3/h5,9H,2,4,6-8H2,1,3H3;4-5H,1H2,2-3H3. The van der Waals surface area contributed by atoms with Gasteiger partial charge >= 0.3 is 11.9 Å². The Bertz CT molecular complexity index is 295. The number of hydrogen-bond donors (Lipinski definition) is 0. The summed E-state index contributed by atoms with van der Waals surface area (Å²) in [5.41, 5.74) is 0. The summed E-state index contributed by atoms with van der Waals surface area (Å²) in [7, 11) is 0. The highest BCUT2D eigenvalue weighted by atomic mass is 16.5. The third-order valence-electron chi connectivity index (χ3n) is 2.30. The average Bonchev–Trinajstić information content (AvgIpc) is 2.39. The Balaban J connectivity index is 0. The number of hydrogen-bond acceptors (Lipinski definition) is 4. The Kier molecular flexibility index (Phi) is 14.3. The van der Waals surface area contributed by atoms with E-state index in [9.17, 15) is 9.59 Å². The van der Waals surface area contributed by atoms with Crippen LogP contribution in [0.15, 0.2) is 25.5 Å². The van der Waals surface area contributed by atoms with Crippen molar-refractivity contribution in [3.8, 4) is 0 Å². The van der Waals surface area contributed by atoms with Gasteiger partial charge in [0.05, 0.1) is 12.2 Å². The van der Waals surface area contributed by atoms with Crippen LogP contribution < -0.4 is 0 Å². The summed E-state index contributed by atoms with van der Waals surface area (Å²) in [6.45, 7) is 14.2. The first-order chi connectivity index (χ1) is 9.38. The van der Waals surface area contributed by atoms with E-state index in [2.05, 4.69) is 24.8 Å². The predicted octanol–water partition coefficient (Wildman–Crippen LogP) is 4.01. The SMILES string of the molecule is C=CC(C)OC(=O)CCCCC.C=COC(=O)C(C)C. The van der Waals surface area contributed by atoms with E-state index >= 15 is 0 Å². The van der Waals surface area contributed by atoms with Gasteiger partial charge in [-0.1, -0.05) is 52.8 Å². The third-order valence-corrected chi connectivity index (χ3v) is 2.30. The molecule has 4 nitrogen and oxygen atoms in total. The van der Waals surface area contributed by atoms with Gasteiger partial charge in [-0.3, -0.25) is 9.59 Å². The van der Waals surface area contributed by atoms with E-state index in [1.54, 1.807) is 19.9 Å². The predicted molar refractivity (Wildman–Crippen MR) is 81.0 cm³/mol. The fourth-order valence-corrected chi connectivity index (χ4v) is 1.05. The quantitative estimate of drug-likeness (QED) is 0.292. The van der Waals surface area contributed by atoms with Gasteiger partial charge in [0.25, 0.3) is 0 Å². The molecule has 4 heteroatoms. The van der Waals surface area contributed by atoms with Crippen LogP contribution in [-0.4, -0.2) is 18.0 Å². The van der Waals surface area contributed by atoms with Crippen LogP contribution in [-0.2, 0) is 19.1 Å². The zero-order valence-electron chi connectivity index (χ0n) is 13.2. The van der Waals surface area contributed by atoms with Crippen LogP contribution in [0.5, 0.6) is 0 Å². The number of carbonyl (C=O) groups excluding carboxylic acids is 2. The minimum absolute atomic E-state index is 0.0620. The van der Waals surface area contributed by atoms with Gasteiger partial charge in [-0.05, 0) is 13.3 Å². The van der Waals surface area contributed by atoms with Gasteiger partial charge in [-0.15, -0.1) is 0 Å². The van der Waals surface area contributed by atoms with Crippen molar-refractivity contribution in [2.75, 3.05) is 0 Å². The average molecular weight is 284 g/mol. The molecule has 0 aliphatic rings. The molecule has 0 aromatic heterocycles. The molecule has 0 aliphatic carbocycles. The van der Waals surface area contributed by atoms with Crippen LogP contribution in [0.2, 0.25) is 0 Å². The van der Waals surface area contributed by atoms with Crippen molar-refractivity contribution in [2.45, 2.75) is 59.5 Å². The molecule has 0 N–H and O–H groups in total. The highest BCUT2D eigenvalue weighted by molar-refractivity contribution is 5.72. The molecule has 0 fully saturated rings. The molecule has 0 rings (SSSR count). The smallest absolute Gasteiger partial charge is 0.313 e. The Morgan fingerprint density at radius 1 is 1.15 bits per heavy atom. The maximum atomic E-state index is 11.0. The molecule has 0 amide bonds. The number of ether oxygens (including phenoxy) is 2. The summed E-state index contributed by atoms with van der Waals surface area (Å²) in [6, 6.07) is 0. The normalized spacial score (nSPS) is 10.8. The first-order valence-corrected chi connectivity index (χ1v) is 7.02. The molecule has 0 saturated heterocycles. The lowest BCUT2D eigenvalue weighted by atomic mass is 10.2. The summed E-state index contributed by atoms with van der Waals surface area (Å²) in [4.78, 5) is 21.5. The lowest BCUT2D eigenvalue weighted by molar-refractivity contribution is -0.146. The minimum atomic E-state index is -0.236. The molecular weight excluding hydrogens is 256 g/mol. The summed E-state index contributed by atoms with van der Waals surface area (Å²) in [6.07, 6.45) is 6.30. The van der Waals surface area contributed by atoms with Gasteiger partial charge in [0.2, 0.25) is 0 Å². The van der Waals surface area contributed by atoms with Gasteiger partial charge in [0, 0.05) is 6.42 Å². The van der Waals surface area contributed by atoms with E-state index in [4.69, 9.17) is 4.74 Å². The second-order valence-corrected chi connectivity index (χ2v) is 4.65. The van der Waals surface area contributed by atoms with Crippen molar-refractivity contribution in [2.24, 2.45) is 5.92 Å². The highest BCUT2D eigenvalue weighted by Crippen LogP contribution is 2.02. The van der Waals surface area contributed by atoms with Crippen LogP contribution >= 0.6 is 0 Å². The first kappa shape index (κ1) is 20.7. The summed E-state index contributed by atoms with van der Waals surface area (Å²) >= 11 is 0. The monoisotopic (exact) mass is 284 g/mol. The Morgan fingerprint density at radius 2 is 1.75 bits per heavy atom. The van der Waals surface area contributed by atoms with Crippen molar-refractivity contribution >= 4 is 11.9 Å². The number of esters is 2. The fourth-order valence-electron chi connectivity index (χ4n) is 1.05. The van der Waals surface area contributed by atoms with E-state index in [0.29, 0.717) is 6.42 Å². The first-order valence-electron chi connectivity index (χ1n) is 7.02. The van der Waals surface area contributed by atoms with Crippen LogP contribution in [0.1, 0.15) is 53.4 Å². The van der Waals surface area contributed by atoms with Gasteiger partial charge < -0.3 is 9.47 Å². The van der Waals surface area contributed by atoms with Crippen LogP contribution in [0, 0.1) is 5.92 Å². The molecule has 20 heavy (non-hydrogen) atoms. The van der Waals surface area contributed by atoms with Crippen LogP contribution in [0.4, 0.5) is 0 Å². The van der Waals surface area contributed by atoms with E-state index in [0.717, 1.165) is 25.5 Å². The molecule has 0 saturated carbocycles. The van der Waals surface area contributed by atoms with E-state index in [1.165, 1.54) is 0 Å². The number of rotatable bonds is 8.